The Balaban J connectivity index is 1.79. The first-order valence-electron chi connectivity index (χ1n) is 9.70. The molecule has 7 atom stereocenters. The SMILES string of the molecule is COC(=O)C1C[C@H](Br)C(=O)[C@H]2C1(C)CC[C@H]1C(=O)O[C@H](c3ccoc3)C[C@@]12C. The number of halogens is 1. The minimum Gasteiger partial charge on any atom is -0.472 e. The molecule has 2 heterocycles. The predicted molar refractivity (Wildman–Crippen MR) is 102 cm³/mol. The van der Waals surface area contributed by atoms with Gasteiger partial charge in [0.2, 0.25) is 0 Å². The number of Topliss-reactive ketones (excluding diaryl/α,β-unsaturated/α-hetero) is 1. The zero-order valence-electron chi connectivity index (χ0n) is 16.3. The highest BCUT2D eigenvalue weighted by Crippen LogP contribution is 2.65. The number of esters is 2. The van der Waals surface area contributed by atoms with Gasteiger partial charge < -0.3 is 13.9 Å². The van der Waals surface area contributed by atoms with Crippen molar-refractivity contribution in [2.45, 2.75) is 50.5 Å². The van der Waals surface area contributed by atoms with Crippen molar-refractivity contribution in [1.29, 1.82) is 0 Å². The van der Waals surface area contributed by atoms with Crippen LogP contribution in [0.5, 0.6) is 0 Å². The van der Waals surface area contributed by atoms with E-state index in [1.165, 1.54) is 7.11 Å². The molecule has 2 unspecified atom stereocenters. The van der Waals surface area contributed by atoms with E-state index in [0.717, 1.165) is 5.56 Å². The van der Waals surface area contributed by atoms with Crippen molar-refractivity contribution < 1.29 is 28.3 Å². The van der Waals surface area contributed by atoms with E-state index in [9.17, 15) is 14.4 Å². The number of alkyl halides is 1. The molecule has 0 radical (unpaired) electrons. The number of ether oxygens (including phenoxy) is 2. The van der Waals surface area contributed by atoms with Crippen LogP contribution in [0.3, 0.4) is 0 Å². The van der Waals surface area contributed by atoms with Crippen molar-refractivity contribution in [2.24, 2.45) is 28.6 Å². The van der Waals surface area contributed by atoms with Gasteiger partial charge in [-0.15, -0.1) is 0 Å². The summed E-state index contributed by atoms with van der Waals surface area (Å²) in [5.41, 5.74) is -0.346. The number of hydrogen-bond acceptors (Lipinski definition) is 6. The second kappa shape index (κ2) is 6.71. The van der Waals surface area contributed by atoms with E-state index in [4.69, 9.17) is 13.9 Å². The Morgan fingerprint density at radius 2 is 2.04 bits per heavy atom. The minimum atomic E-state index is -0.597. The third kappa shape index (κ3) is 2.69. The number of ketones is 1. The molecule has 1 aliphatic heterocycles. The number of carbonyl (C=O) groups is 3. The molecular formula is C21H25BrO6. The van der Waals surface area contributed by atoms with Crippen LogP contribution in [0.1, 0.15) is 51.2 Å². The molecule has 152 valence electrons. The first kappa shape index (κ1) is 19.7. The van der Waals surface area contributed by atoms with Crippen LogP contribution in [0.2, 0.25) is 0 Å². The lowest BCUT2D eigenvalue weighted by Crippen LogP contribution is -2.63. The number of carbonyl (C=O) groups excluding carboxylic acids is 3. The Hall–Kier alpha value is -1.63. The maximum Gasteiger partial charge on any atom is 0.310 e. The predicted octanol–water partition coefficient (Wildman–Crippen LogP) is 3.83. The quantitative estimate of drug-likeness (QED) is 0.500. The summed E-state index contributed by atoms with van der Waals surface area (Å²) in [5, 5.41) is 0. The van der Waals surface area contributed by atoms with Gasteiger partial charge in [0, 0.05) is 11.5 Å². The normalized spacial score (nSPS) is 42.9. The van der Waals surface area contributed by atoms with E-state index < -0.39 is 27.7 Å². The average molecular weight is 453 g/mol. The van der Waals surface area contributed by atoms with E-state index in [0.29, 0.717) is 25.7 Å². The molecule has 3 aliphatic rings. The molecule has 3 fully saturated rings. The van der Waals surface area contributed by atoms with Gasteiger partial charge in [0.25, 0.3) is 0 Å². The lowest BCUT2D eigenvalue weighted by Gasteiger charge is -2.60. The highest BCUT2D eigenvalue weighted by Gasteiger charge is 2.67. The third-order valence-corrected chi connectivity index (χ3v) is 8.31. The summed E-state index contributed by atoms with van der Waals surface area (Å²) in [6, 6.07) is 1.79. The zero-order valence-corrected chi connectivity index (χ0v) is 17.9. The first-order valence-corrected chi connectivity index (χ1v) is 10.6. The number of cyclic esters (lactones) is 1. The second-order valence-corrected chi connectivity index (χ2v) is 10.0. The number of methoxy groups -OCH3 is 1. The van der Waals surface area contributed by atoms with Crippen molar-refractivity contribution in [1.82, 2.24) is 0 Å². The molecule has 0 spiro atoms. The van der Waals surface area contributed by atoms with Gasteiger partial charge in [-0.2, -0.15) is 0 Å². The molecule has 0 N–H and O–H groups in total. The summed E-state index contributed by atoms with van der Waals surface area (Å²) in [5.74, 6) is -1.63. The van der Waals surface area contributed by atoms with Crippen molar-refractivity contribution >= 4 is 33.7 Å². The van der Waals surface area contributed by atoms with Crippen LogP contribution in [0, 0.1) is 28.6 Å². The lowest BCUT2D eigenvalue weighted by atomic mass is 9.43. The fourth-order valence-electron chi connectivity index (χ4n) is 6.14. The Labute approximate surface area is 172 Å². The van der Waals surface area contributed by atoms with E-state index >= 15 is 0 Å². The van der Waals surface area contributed by atoms with Gasteiger partial charge in [-0.05, 0) is 42.6 Å². The molecule has 6 nitrogen and oxygen atoms in total. The van der Waals surface area contributed by atoms with Crippen LogP contribution in [-0.2, 0) is 23.9 Å². The maximum atomic E-state index is 13.4. The molecule has 2 aliphatic carbocycles. The molecule has 0 aromatic carbocycles. The standard InChI is InChI=1S/C21H25BrO6/c1-20-6-4-12-19(25)28-15(11-5-7-27-10-11)9-21(12,2)17(20)16(23)14(22)8-13(20)18(24)26-3/h5,7,10,12-15,17H,4,6,8-9H2,1-3H3/t12-,13?,14-,15-,17-,20?,21-/m0/s1. The number of fused-ring (bicyclic) bond motifs is 3. The highest BCUT2D eigenvalue weighted by molar-refractivity contribution is 9.10. The van der Waals surface area contributed by atoms with Crippen LogP contribution < -0.4 is 0 Å². The zero-order chi connectivity index (χ0) is 20.3. The smallest absolute Gasteiger partial charge is 0.310 e. The summed E-state index contributed by atoms with van der Waals surface area (Å²) >= 11 is 3.50. The third-order valence-electron chi connectivity index (χ3n) is 7.49. The largest absolute Gasteiger partial charge is 0.472 e. The molecule has 0 bridgehead atoms. The Kier molecular flexibility index (Phi) is 4.72. The van der Waals surface area contributed by atoms with Crippen molar-refractivity contribution in [3.63, 3.8) is 0 Å². The highest BCUT2D eigenvalue weighted by atomic mass is 79.9. The second-order valence-electron chi connectivity index (χ2n) is 8.90. The molecule has 1 aromatic heterocycles. The average Bonchev–Trinajstić information content (AvgIpc) is 3.18. The van der Waals surface area contributed by atoms with E-state index in [1.54, 1.807) is 18.6 Å². The molecule has 1 saturated heterocycles. The summed E-state index contributed by atoms with van der Waals surface area (Å²) in [7, 11) is 1.39. The first-order chi connectivity index (χ1) is 13.2. The van der Waals surface area contributed by atoms with Crippen LogP contribution in [-0.4, -0.2) is 29.7 Å². The van der Waals surface area contributed by atoms with E-state index in [1.807, 2.05) is 13.8 Å². The maximum absolute atomic E-state index is 13.4. The van der Waals surface area contributed by atoms with Gasteiger partial charge in [0.1, 0.15) is 6.10 Å². The summed E-state index contributed by atoms with van der Waals surface area (Å²) in [4.78, 5) is 38.5. The fraction of sp³-hybridized carbons (Fsp3) is 0.667. The molecule has 0 amide bonds. The van der Waals surface area contributed by atoms with Gasteiger partial charge in [-0.1, -0.05) is 29.8 Å². The Morgan fingerprint density at radius 3 is 2.68 bits per heavy atom. The molecular weight excluding hydrogens is 428 g/mol. The van der Waals surface area contributed by atoms with Gasteiger partial charge in [0.15, 0.2) is 5.78 Å². The van der Waals surface area contributed by atoms with E-state index in [-0.39, 0.29) is 29.6 Å². The minimum absolute atomic E-state index is 0.0792. The van der Waals surface area contributed by atoms with Gasteiger partial charge in [-0.3, -0.25) is 14.4 Å². The van der Waals surface area contributed by atoms with Gasteiger partial charge in [0.05, 0.1) is 36.3 Å². The van der Waals surface area contributed by atoms with Crippen molar-refractivity contribution in [3.8, 4) is 0 Å². The fourth-order valence-corrected chi connectivity index (χ4v) is 6.78. The Morgan fingerprint density at radius 1 is 1.29 bits per heavy atom. The van der Waals surface area contributed by atoms with Crippen LogP contribution in [0.25, 0.3) is 0 Å². The lowest BCUT2D eigenvalue weighted by molar-refractivity contribution is -0.201. The van der Waals surface area contributed by atoms with Crippen LogP contribution in [0.15, 0.2) is 23.0 Å². The summed E-state index contributed by atoms with van der Waals surface area (Å²) in [6.45, 7) is 4.04. The van der Waals surface area contributed by atoms with Gasteiger partial charge in [-0.25, -0.2) is 0 Å². The summed E-state index contributed by atoms with van der Waals surface area (Å²) < 4.78 is 16.0. The topological polar surface area (TPSA) is 82.8 Å². The number of furan rings is 1. The van der Waals surface area contributed by atoms with Crippen LogP contribution in [0.4, 0.5) is 0 Å². The number of hydrogen-bond donors (Lipinski definition) is 0. The van der Waals surface area contributed by atoms with Crippen molar-refractivity contribution in [2.75, 3.05) is 7.11 Å². The van der Waals surface area contributed by atoms with Crippen molar-refractivity contribution in [3.05, 3.63) is 24.2 Å². The molecule has 7 heteroatoms. The molecule has 4 rings (SSSR count). The molecule has 28 heavy (non-hydrogen) atoms. The molecule has 2 saturated carbocycles. The van der Waals surface area contributed by atoms with E-state index in [2.05, 4.69) is 15.9 Å². The summed E-state index contributed by atoms with van der Waals surface area (Å²) in [6.07, 6.45) is 4.86. The monoisotopic (exact) mass is 452 g/mol. The van der Waals surface area contributed by atoms with Crippen LogP contribution >= 0.6 is 15.9 Å². The molecule has 1 aromatic rings. The number of rotatable bonds is 2. The van der Waals surface area contributed by atoms with Gasteiger partial charge >= 0.3 is 11.9 Å². The Bertz CT molecular complexity index is 804.